The van der Waals surface area contributed by atoms with Gasteiger partial charge in [-0.15, -0.1) is 0 Å². The van der Waals surface area contributed by atoms with Gasteiger partial charge in [0, 0.05) is 39.3 Å². The average molecular weight is 523 g/mol. The first-order chi connectivity index (χ1) is 17.1. The smallest absolute Gasteiger partial charge is 0.409 e. The van der Waals surface area contributed by atoms with Crippen molar-refractivity contribution in [3.05, 3.63) is 18.2 Å². The van der Waals surface area contributed by atoms with Crippen LogP contribution in [0.5, 0.6) is 5.75 Å². The molecule has 36 heavy (non-hydrogen) atoms. The van der Waals surface area contributed by atoms with Gasteiger partial charge in [0.05, 0.1) is 17.2 Å². The largest absolute Gasteiger partial charge is 0.482 e. The van der Waals surface area contributed by atoms with Gasteiger partial charge < -0.3 is 19.3 Å². The van der Waals surface area contributed by atoms with Crippen molar-refractivity contribution in [2.45, 2.75) is 32.1 Å². The number of ether oxygens (including phenoxy) is 2. The lowest BCUT2D eigenvalue weighted by Gasteiger charge is -2.36. The number of anilines is 1. The molecule has 4 rings (SSSR count). The summed E-state index contributed by atoms with van der Waals surface area (Å²) in [6.07, 6.45) is 0.566. The summed E-state index contributed by atoms with van der Waals surface area (Å²) in [6, 6.07) is 4.46. The van der Waals surface area contributed by atoms with Gasteiger partial charge in [-0.3, -0.25) is 14.5 Å². The molecule has 11 nitrogen and oxygen atoms in total. The molecular weight excluding hydrogens is 488 g/mol. The van der Waals surface area contributed by atoms with E-state index in [0.717, 1.165) is 6.42 Å². The second-order valence-corrected chi connectivity index (χ2v) is 11.7. The standard InChI is InChI=1S/C24H34N4O7S/c1-4-34-24(31)26-9-7-25(8-10-26)22(29)15-28-20-12-19(5-6-21(20)35-16-23(28)30)36(32,33)27-13-17(2)11-18(3)14-27/h5-6,12,17-18H,4,7-11,13-16H2,1-3H3/t17-,18-/m0/s1. The number of piperazine rings is 1. The maximum absolute atomic E-state index is 13.4. The van der Waals surface area contributed by atoms with Crippen LogP contribution in [-0.4, -0.2) is 99.5 Å². The van der Waals surface area contributed by atoms with Crippen molar-refractivity contribution >= 4 is 33.6 Å². The van der Waals surface area contributed by atoms with E-state index in [2.05, 4.69) is 0 Å². The molecule has 3 amide bonds. The van der Waals surface area contributed by atoms with E-state index < -0.39 is 22.0 Å². The average Bonchev–Trinajstić information content (AvgIpc) is 2.85. The SMILES string of the molecule is CCOC(=O)N1CCN(C(=O)CN2C(=O)COc3ccc(S(=O)(=O)N4C[C@@H](C)C[C@H](C)C4)cc32)CC1. The minimum atomic E-state index is -3.78. The number of carbonyl (C=O) groups is 3. The molecule has 3 aliphatic heterocycles. The number of carbonyl (C=O) groups excluding carboxylic acids is 3. The highest BCUT2D eigenvalue weighted by Gasteiger charge is 2.35. The lowest BCUT2D eigenvalue weighted by molar-refractivity contribution is -0.133. The topological polar surface area (TPSA) is 117 Å². The van der Waals surface area contributed by atoms with Crippen molar-refractivity contribution < 1.29 is 32.3 Å². The second-order valence-electron chi connectivity index (χ2n) is 9.73. The first kappa shape index (κ1) is 26.2. The molecule has 0 N–H and O–H groups in total. The number of amides is 3. The van der Waals surface area contributed by atoms with Crippen LogP contribution < -0.4 is 9.64 Å². The summed E-state index contributed by atoms with van der Waals surface area (Å²) >= 11 is 0. The predicted octanol–water partition coefficient (Wildman–Crippen LogP) is 1.38. The van der Waals surface area contributed by atoms with Gasteiger partial charge in [0.25, 0.3) is 5.91 Å². The Hall–Kier alpha value is -2.86. The molecule has 198 valence electrons. The molecule has 12 heteroatoms. The maximum atomic E-state index is 13.4. The van der Waals surface area contributed by atoms with E-state index in [1.807, 2.05) is 13.8 Å². The predicted molar refractivity (Wildman–Crippen MR) is 131 cm³/mol. The van der Waals surface area contributed by atoms with Crippen molar-refractivity contribution in [1.29, 1.82) is 0 Å². The molecule has 0 spiro atoms. The Kier molecular flexibility index (Phi) is 7.74. The quantitative estimate of drug-likeness (QED) is 0.574. The fraction of sp³-hybridized carbons (Fsp3) is 0.625. The lowest BCUT2D eigenvalue weighted by atomic mass is 9.94. The van der Waals surface area contributed by atoms with Crippen molar-refractivity contribution in [2.24, 2.45) is 11.8 Å². The molecule has 0 saturated carbocycles. The minimum absolute atomic E-state index is 0.0707. The van der Waals surface area contributed by atoms with Gasteiger partial charge in [0.2, 0.25) is 15.9 Å². The van der Waals surface area contributed by atoms with E-state index >= 15 is 0 Å². The van der Waals surface area contributed by atoms with E-state index in [0.29, 0.717) is 45.0 Å². The number of fused-ring (bicyclic) bond motifs is 1. The second kappa shape index (κ2) is 10.6. The molecule has 1 aromatic rings. The molecule has 2 fully saturated rings. The molecule has 2 atom stereocenters. The molecule has 0 bridgehead atoms. The highest BCUT2D eigenvalue weighted by Crippen LogP contribution is 2.36. The van der Waals surface area contributed by atoms with Gasteiger partial charge in [0.1, 0.15) is 12.3 Å². The molecule has 0 unspecified atom stereocenters. The number of nitrogens with zero attached hydrogens (tertiary/aromatic N) is 4. The Morgan fingerprint density at radius 2 is 1.69 bits per heavy atom. The molecule has 3 aliphatic rings. The van der Waals surface area contributed by atoms with E-state index in [9.17, 15) is 22.8 Å². The molecule has 0 aromatic heterocycles. The van der Waals surface area contributed by atoms with Crippen LogP contribution in [0, 0.1) is 11.8 Å². The van der Waals surface area contributed by atoms with Crippen LogP contribution in [0.25, 0.3) is 0 Å². The summed E-state index contributed by atoms with van der Waals surface area (Å²) in [6.45, 7) is 7.84. The van der Waals surface area contributed by atoms with Gasteiger partial charge in [-0.25, -0.2) is 13.2 Å². The number of piperidine rings is 1. The lowest BCUT2D eigenvalue weighted by Crippen LogP contribution is -2.54. The molecule has 2 saturated heterocycles. The highest BCUT2D eigenvalue weighted by atomic mass is 32.2. The summed E-state index contributed by atoms with van der Waals surface area (Å²) in [7, 11) is -3.78. The van der Waals surface area contributed by atoms with Crippen LogP contribution in [0.2, 0.25) is 0 Å². The van der Waals surface area contributed by atoms with E-state index in [4.69, 9.17) is 9.47 Å². The Morgan fingerprint density at radius 1 is 1.06 bits per heavy atom. The molecule has 0 radical (unpaired) electrons. The van der Waals surface area contributed by atoms with Gasteiger partial charge >= 0.3 is 6.09 Å². The van der Waals surface area contributed by atoms with Crippen LogP contribution >= 0.6 is 0 Å². The number of sulfonamides is 1. The minimum Gasteiger partial charge on any atom is -0.482 e. The van der Waals surface area contributed by atoms with Gasteiger partial charge in [-0.2, -0.15) is 4.31 Å². The van der Waals surface area contributed by atoms with Crippen LogP contribution in [-0.2, 0) is 24.3 Å². The van der Waals surface area contributed by atoms with Crippen molar-refractivity contribution in [1.82, 2.24) is 14.1 Å². The number of benzene rings is 1. The Labute approximate surface area is 211 Å². The van der Waals surface area contributed by atoms with E-state index in [1.54, 1.807) is 22.8 Å². The fourth-order valence-electron chi connectivity index (χ4n) is 5.06. The summed E-state index contributed by atoms with van der Waals surface area (Å²) in [5.74, 6) is 0.158. The number of hydrogen-bond donors (Lipinski definition) is 0. The first-order valence-electron chi connectivity index (χ1n) is 12.4. The van der Waals surface area contributed by atoms with Crippen molar-refractivity contribution in [3.63, 3.8) is 0 Å². The van der Waals surface area contributed by atoms with Crippen molar-refractivity contribution in [3.8, 4) is 5.75 Å². The first-order valence-corrected chi connectivity index (χ1v) is 13.8. The Balaban J connectivity index is 1.50. The maximum Gasteiger partial charge on any atom is 0.409 e. The van der Waals surface area contributed by atoms with Gasteiger partial charge in [-0.05, 0) is 43.4 Å². The fourth-order valence-corrected chi connectivity index (χ4v) is 6.76. The Bertz CT molecular complexity index is 1110. The monoisotopic (exact) mass is 522 g/mol. The van der Waals surface area contributed by atoms with Crippen LogP contribution in [0.15, 0.2) is 23.1 Å². The summed E-state index contributed by atoms with van der Waals surface area (Å²) in [4.78, 5) is 42.2. The third kappa shape index (κ3) is 5.44. The zero-order valence-electron chi connectivity index (χ0n) is 21.0. The number of hydrogen-bond acceptors (Lipinski definition) is 7. The molecule has 3 heterocycles. The summed E-state index contributed by atoms with van der Waals surface area (Å²) < 4.78 is 38.9. The summed E-state index contributed by atoms with van der Waals surface area (Å²) in [5.41, 5.74) is 0.268. The normalized spacial score (nSPS) is 23.2. The third-order valence-electron chi connectivity index (χ3n) is 6.80. The van der Waals surface area contributed by atoms with Gasteiger partial charge in [-0.1, -0.05) is 13.8 Å². The Morgan fingerprint density at radius 3 is 2.33 bits per heavy atom. The zero-order valence-corrected chi connectivity index (χ0v) is 21.8. The third-order valence-corrected chi connectivity index (χ3v) is 8.63. The molecule has 0 aliphatic carbocycles. The van der Waals surface area contributed by atoms with Crippen LogP contribution in [0.4, 0.5) is 10.5 Å². The molecule has 1 aromatic carbocycles. The summed E-state index contributed by atoms with van der Waals surface area (Å²) in [5, 5.41) is 0. The molecular formula is C24H34N4O7S. The van der Waals surface area contributed by atoms with Crippen LogP contribution in [0.1, 0.15) is 27.2 Å². The zero-order chi connectivity index (χ0) is 26.0. The van der Waals surface area contributed by atoms with Gasteiger partial charge in [0.15, 0.2) is 6.61 Å². The van der Waals surface area contributed by atoms with Crippen molar-refractivity contribution in [2.75, 3.05) is 63.9 Å². The van der Waals surface area contributed by atoms with E-state index in [-0.39, 0.29) is 48.1 Å². The number of rotatable bonds is 5. The highest BCUT2D eigenvalue weighted by molar-refractivity contribution is 7.89. The van der Waals surface area contributed by atoms with E-state index in [1.165, 1.54) is 21.3 Å². The van der Waals surface area contributed by atoms with Crippen LogP contribution in [0.3, 0.4) is 0 Å².